The van der Waals surface area contributed by atoms with Crippen LogP contribution in [0.15, 0.2) is 79.1 Å². The number of hydrogen-bond acceptors (Lipinski definition) is 3. The molecule has 2 amide bonds. The number of aromatic amines is 1. The first kappa shape index (κ1) is 20.3. The highest BCUT2D eigenvalue weighted by Crippen LogP contribution is 2.29. The highest BCUT2D eigenvalue weighted by Gasteiger charge is 2.36. The van der Waals surface area contributed by atoms with Crippen LogP contribution in [0, 0.1) is 5.92 Å². The molecule has 2 unspecified atom stereocenters. The van der Waals surface area contributed by atoms with Gasteiger partial charge in [-0.1, -0.05) is 54.1 Å². The van der Waals surface area contributed by atoms with Crippen LogP contribution in [0.4, 0.5) is 5.69 Å². The van der Waals surface area contributed by atoms with E-state index in [2.05, 4.69) is 15.3 Å². The van der Waals surface area contributed by atoms with E-state index in [1.165, 1.54) is 0 Å². The van der Waals surface area contributed by atoms with Gasteiger partial charge in [0.15, 0.2) is 0 Å². The molecule has 2 N–H and O–H groups in total. The van der Waals surface area contributed by atoms with Gasteiger partial charge >= 0.3 is 0 Å². The van der Waals surface area contributed by atoms with Gasteiger partial charge in [0, 0.05) is 23.7 Å². The number of anilines is 1. The second-order valence-electron chi connectivity index (χ2n) is 7.92. The van der Waals surface area contributed by atoms with E-state index in [-0.39, 0.29) is 24.3 Å². The number of carbonyl (C=O) groups excluding carboxylic acids is 2. The molecule has 5 rings (SSSR count). The van der Waals surface area contributed by atoms with E-state index in [1.54, 1.807) is 29.4 Å². The Morgan fingerprint density at radius 3 is 2.72 bits per heavy atom. The molecule has 0 spiro atoms. The van der Waals surface area contributed by atoms with Crippen molar-refractivity contribution in [1.82, 2.24) is 15.3 Å². The van der Waals surface area contributed by atoms with Gasteiger partial charge in [0.05, 0.1) is 29.3 Å². The molecule has 0 bridgehead atoms. The van der Waals surface area contributed by atoms with E-state index >= 15 is 0 Å². The summed E-state index contributed by atoms with van der Waals surface area (Å²) in [6.07, 6.45) is 1.82. The molecule has 1 saturated heterocycles. The van der Waals surface area contributed by atoms with Crippen molar-refractivity contribution >= 4 is 40.1 Å². The fourth-order valence-corrected chi connectivity index (χ4v) is 4.36. The number of aromatic nitrogens is 2. The van der Waals surface area contributed by atoms with Gasteiger partial charge in [0.25, 0.3) is 0 Å². The summed E-state index contributed by atoms with van der Waals surface area (Å²) in [7, 11) is 0. The van der Waals surface area contributed by atoms with Crippen molar-refractivity contribution in [1.29, 1.82) is 0 Å². The fourth-order valence-electron chi connectivity index (χ4n) is 4.17. The molecule has 2 atom stereocenters. The molecular formula is C25H21ClN4O2. The van der Waals surface area contributed by atoms with Crippen LogP contribution in [0.5, 0.6) is 0 Å². The Morgan fingerprint density at radius 1 is 1.06 bits per heavy atom. The third kappa shape index (κ3) is 3.97. The van der Waals surface area contributed by atoms with Crippen LogP contribution in [0.25, 0.3) is 11.0 Å². The number of rotatable bonds is 5. The maximum atomic E-state index is 13.3. The molecule has 32 heavy (non-hydrogen) atoms. The summed E-state index contributed by atoms with van der Waals surface area (Å²) in [6, 6.07) is 22.5. The van der Waals surface area contributed by atoms with Crippen LogP contribution in [0.2, 0.25) is 5.02 Å². The molecule has 1 aliphatic rings. The van der Waals surface area contributed by atoms with Crippen molar-refractivity contribution in [2.24, 2.45) is 5.92 Å². The average molecular weight is 445 g/mol. The number of nitrogens with zero attached hydrogens (tertiary/aromatic N) is 2. The maximum Gasteiger partial charge on any atom is 0.227 e. The highest BCUT2D eigenvalue weighted by molar-refractivity contribution is 6.31. The standard InChI is InChI=1S/C25H21ClN4O2/c26-19-7-4-8-20(13-19)30-14-18(12-23(30)31)25(32)29-24(16-5-2-1-3-6-16)17-9-10-21-22(11-17)28-15-27-21/h1-11,13,15,18,24H,12,14H2,(H,27,28)(H,29,32). The SMILES string of the molecule is O=C(NC(c1ccccc1)c1ccc2nc[nH]c2c1)C1CC(=O)N(c2cccc(Cl)c2)C1. The van der Waals surface area contributed by atoms with Gasteiger partial charge in [-0.15, -0.1) is 0 Å². The van der Waals surface area contributed by atoms with Crippen molar-refractivity contribution in [2.75, 3.05) is 11.4 Å². The van der Waals surface area contributed by atoms with Gasteiger partial charge in [0.1, 0.15) is 0 Å². The van der Waals surface area contributed by atoms with E-state index in [0.29, 0.717) is 17.3 Å². The fraction of sp³-hybridized carbons (Fsp3) is 0.160. The van der Waals surface area contributed by atoms with Gasteiger partial charge in [-0.2, -0.15) is 0 Å². The van der Waals surface area contributed by atoms with Crippen molar-refractivity contribution in [3.05, 3.63) is 95.3 Å². The first-order valence-electron chi connectivity index (χ1n) is 10.4. The molecule has 6 nitrogen and oxygen atoms in total. The van der Waals surface area contributed by atoms with Gasteiger partial charge in [-0.25, -0.2) is 4.98 Å². The Hall–Kier alpha value is -3.64. The van der Waals surface area contributed by atoms with Gasteiger partial charge in [-0.3, -0.25) is 9.59 Å². The van der Waals surface area contributed by atoms with E-state index < -0.39 is 5.92 Å². The predicted octanol–water partition coefficient (Wildman–Crippen LogP) is 4.48. The summed E-state index contributed by atoms with van der Waals surface area (Å²) >= 11 is 6.08. The molecule has 1 aromatic heterocycles. The molecule has 0 radical (unpaired) electrons. The normalized spacial score (nSPS) is 17.0. The van der Waals surface area contributed by atoms with Crippen LogP contribution < -0.4 is 10.2 Å². The highest BCUT2D eigenvalue weighted by atomic mass is 35.5. The topological polar surface area (TPSA) is 78.1 Å². The molecule has 2 heterocycles. The number of hydrogen-bond donors (Lipinski definition) is 2. The Kier molecular flexibility index (Phi) is 5.37. The van der Waals surface area contributed by atoms with E-state index in [0.717, 1.165) is 22.2 Å². The number of H-pyrrole nitrogens is 1. The predicted molar refractivity (Wildman–Crippen MR) is 124 cm³/mol. The molecule has 160 valence electrons. The Labute approximate surface area is 190 Å². The second kappa shape index (κ2) is 8.48. The van der Waals surface area contributed by atoms with Gasteiger partial charge in [-0.05, 0) is 41.5 Å². The minimum Gasteiger partial charge on any atom is -0.345 e. The third-order valence-corrected chi connectivity index (χ3v) is 6.05. The van der Waals surface area contributed by atoms with Crippen LogP contribution in [0.1, 0.15) is 23.6 Å². The minimum absolute atomic E-state index is 0.0810. The number of imidazole rings is 1. The summed E-state index contributed by atoms with van der Waals surface area (Å²) in [4.78, 5) is 34.9. The first-order valence-corrected chi connectivity index (χ1v) is 10.8. The minimum atomic E-state index is -0.441. The second-order valence-corrected chi connectivity index (χ2v) is 8.35. The van der Waals surface area contributed by atoms with Crippen LogP contribution in [0.3, 0.4) is 0 Å². The lowest BCUT2D eigenvalue weighted by Crippen LogP contribution is -2.36. The zero-order valence-electron chi connectivity index (χ0n) is 17.2. The van der Waals surface area contributed by atoms with E-state index in [1.807, 2.05) is 54.6 Å². The molecule has 7 heteroatoms. The summed E-state index contributed by atoms with van der Waals surface area (Å²) < 4.78 is 0. The monoisotopic (exact) mass is 444 g/mol. The largest absolute Gasteiger partial charge is 0.345 e. The molecule has 3 aromatic carbocycles. The van der Waals surface area contributed by atoms with Crippen molar-refractivity contribution in [3.8, 4) is 0 Å². The lowest BCUT2D eigenvalue weighted by Gasteiger charge is -2.22. The Bertz CT molecular complexity index is 1290. The number of benzene rings is 3. The summed E-state index contributed by atoms with van der Waals surface area (Å²) in [5.74, 6) is -0.674. The lowest BCUT2D eigenvalue weighted by molar-refractivity contribution is -0.126. The van der Waals surface area contributed by atoms with Crippen molar-refractivity contribution in [3.63, 3.8) is 0 Å². The molecule has 0 saturated carbocycles. The Morgan fingerprint density at radius 2 is 1.91 bits per heavy atom. The summed E-state index contributed by atoms with van der Waals surface area (Å²) in [5.41, 5.74) is 4.39. The smallest absolute Gasteiger partial charge is 0.227 e. The maximum absolute atomic E-state index is 13.3. The molecule has 0 aliphatic carbocycles. The zero-order chi connectivity index (χ0) is 22.1. The van der Waals surface area contributed by atoms with Crippen molar-refractivity contribution < 1.29 is 9.59 Å². The van der Waals surface area contributed by atoms with E-state index in [9.17, 15) is 9.59 Å². The van der Waals surface area contributed by atoms with Gasteiger partial charge < -0.3 is 15.2 Å². The van der Waals surface area contributed by atoms with Crippen LogP contribution in [-0.4, -0.2) is 28.3 Å². The molecule has 1 fully saturated rings. The number of carbonyl (C=O) groups is 2. The third-order valence-electron chi connectivity index (χ3n) is 5.81. The number of halogens is 1. The number of fused-ring (bicyclic) bond motifs is 1. The average Bonchev–Trinajstić information content (AvgIpc) is 3.44. The van der Waals surface area contributed by atoms with Crippen molar-refractivity contribution in [2.45, 2.75) is 12.5 Å². The number of amides is 2. The van der Waals surface area contributed by atoms with Crippen LogP contribution in [-0.2, 0) is 9.59 Å². The molecular weight excluding hydrogens is 424 g/mol. The zero-order valence-corrected chi connectivity index (χ0v) is 17.9. The number of nitrogens with one attached hydrogen (secondary N) is 2. The molecule has 4 aromatic rings. The van der Waals surface area contributed by atoms with Crippen LogP contribution >= 0.6 is 11.6 Å². The van der Waals surface area contributed by atoms with Gasteiger partial charge in [0.2, 0.25) is 11.8 Å². The quantitative estimate of drug-likeness (QED) is 0.476. The summed E-state index contributed by atoms with van der Waals surface area (Å²) in [5, 5.41) is 3.73. The lowest BCUT2D eigenvalue weighted by atomic mass is 9.97. The van der Waals surface area contributed by atoms with E-state index in [4.69, 9.17) is 11.6 Å². The Balaban J connectivity index is 1.40. The summed E-state index contributed by atoms with van der Waals surface area (Å²) in [6.45, 7) is 0.325. The molecule has 1 aliphatic heterocycles. The first-order chi connectivity index (χ1) is 15.6.